The van der Waals surface area contributed by atoms with Gasteiger partial charge in [-0.3, -0.25) is 9.59 Å². The number of likely N-dealkylation sites (tertiary alicyclic amines) is 1. The molecular weight excluding hydrogens is 234 g/mol. The molecule has 2 rings (SSSR count). The van der Waals surface area contributed by atoms with Crippen LogP contribution in [-0.4, -0.2) is 42.1 Å². The molecule has 2 aliphatic rings. The largest absolute Gasteiger partial charge is 0.467 e. The van der Waals surface area contributed by atoms with Crippen molar-refractivity contribution in [2.24, 2.45) is 0 Å². The molecule has 5 heteroatoms. The number of nitrogens with zero attached hydrogens (tertiary/aromatic N) is 1. The Morgan fingerprint density at radius 3 is 2.67 bits per heavy atom. The highest BCUT2D eigenvalue weighted by atomic mass is 16.5. The number of hydrogen-bond acceptors (Lipinski definition) is 5. The molecule has 0 spiro atoms. The molecular formula is C13H15NO4. The fourth-order valence-corrected chi connectivity index (χ4v) is 2.40. The van der Waals surface area contributed by atoms with E-state index in [9.17, 15) is 14.4 Å². The zero-order valence-corrected chi connectivity index (χ0v) is 10.4. The summed E-state index contributed by atoms with van der Waals surface area (Å²) in [6.07, 6.45) is 4.22. The van der Waals surface area contributed by atoms with Gasteiger partial charge in [0.25, 0.3) is 0 Å². The van der Waals surface area contributed by atoms with Crippen LogP contribution in [0.25, 0.3) is 0 Å². The molecule has 1 aliphatic heterocycles. The lowest BCUT2D eigenvalue weighted by Gasteiger charge is -2.28. The Labute approximate surface area is 105 Å². The van der Waals surface area contributed by atoms with Crippen molar-refractivity contribution in [1.29, 1.82) is 0 Å². The quantitative estimate of drug-likeness (QED) is 0.407. The SMILES string of the molecule is COC(=O)C1CCCN1C1=CC(=O)C(=O)C=C1C. The molecule has 0 aromatic carbocycles. The van der Waals surface area contributed by atoms with Crippen molar-refractivity contribution in [2.75, 3.05) is 13.7 Å². The molecule has 1 fully saturated rings. The lowest BCUT2D eigenvalue weighted by atomic mass is 10.0. The van der Waals surface area contributed by atoms with E-state index < -0.39 is 11.6 Å². The third-order valence-electron chi connectivity index (χ3n) is 3.30. The fraction of sp³-hybridized carbons (Fsp3) is 0.462. The van der Waals surface area contributed by atoms with Gasteiger partial charge in [-0.1, -0.05) is 0 Å². The molecule has 0 bridgehead atoms. The van der Waals surface area contributed by atoms with E-state index in [1.165, 1.54) is 19.3 Å². The van der Waals surface area contributed by atoms with Gasteiger partial charge in [-0.15, -0.1) is 0 Å². The van der Waals surface area contributed by atoms with Gasteiger partial charge in [0.1, 0.15) is 6.04 Å². The number of rotatable bonds is 2. The first-order valence-corrected chi connectivity index (χ1v) is 5.87. The molecule has 1 aliphatic carbocycles. The first kappa shape index (κ1) is 12.5. The van der Waals surface area contributed by atoms with Gasteiger partial charge in [0, 0.05) is 18.3 Å². The third kappa shape index (κ3) is 2.08. The predicted octanol–water partition coefficient (Wildman–Crippen LogP) is 0.606. The van der Waals surface area contributed by atoms with Crippen LogP contribution >= 0.6 is 0 Å². The Balaban J connectivity index is 2.28. The molecule has 0 radical (unpaired) electrons. The van der Waals surface area contributed by atoms with E-state index in [4.69, 9.17) is 4.74 Å². The third-order valence-corrected chi connectivity index (χ3v) is 3.30. The molecule has 96 valence electrons. The summed E-state index contributed by atoms with van der Waals surface area (Å²) in [5.41, 5.74) is 1.38. The van der Waals surface area contributed by atoms with Gasteiger partial charge < -0.3 is 9.64 Å². The van der Waals surface area contributed by atoms with Crippen molar-refractivity contribution in [3.05, 3.63) is 23.4 Å². The number of ketones is 2. The van der Waals surface area contributed by atoms with E-state index in [2.05, 4.69) is 0 Å². The topological polar surface area (TPSA) is 63.7 Å². The van der Waals surface area contributed by atoms with Crippen LogP contribution in [0.1, 0.15) is 19.8 Å². The molecule has 0 saturated carbocycles. The minimum Gasteiger partial charge on any atom is -0.467 e. The minimum absolute atomic E-state index is 0.300. The summed E-state index contributed by atoms with van der Waals surface area (Å²) in [4.78, 5) is 36.2. The normalized spacial score (nSPS) is 23.9. The average molecular weight is 249 g/mol. The smallest absolute Gasteiger partial charge is 0.328 e. The van der Waals surface area contributed by atoms with Gasteiger partial charge in [0.15, 0.2) is 0 Å². The van der Waals surface area contributed by atoms with Crippen LogP contribution in [0.3, 0.4) is 0 Å². The number of esters is 1. The van der Waals surface area contributed by atoms with E-state index in [1.807, 2.05) is 4.90 Å². The highest BCUT2D eigenvalue weighted by Gasteiger charge is 2.34. The Bertz CT molecular complexity index is 475. The Hall–Kier alpha value is -1.91. The zero-order chi connectivity index (χ0) is 13.3. The second-order valence-electron chi connectivity index (χ2n) is 4.46. The molecule has 0 aromatic heterocycles. The number of carbonyl (C=O) groups is 3. The van der Waals surface area contributed by atoms with E-state index in [0.29, 0.717) is 18.7 Å². The Morgan fingerprint density at radius 1 is 1.33 bits per heavy atom. The zero-order valence-electron chi connectivity index (χ0n) is 10.4. The summed E-state index contributed by atoms with van der Waals surface area (Å²) >= 11 is 0. The molecule has 1 unspecified atom stereocenters. The van der Waals surface area contributed by atoms with Crippen LogP contribution in [0.4, 0.5) is 0 Å². The first-order chi connectivity index (χ1) is 8.54. The van der Waals surface area contributed by atoms with Gasteiger partial charge >= 0.3 is 5.97 Å². The molecule has 18 heavy (non-hydrogen) atoms. The predicted molar refractivity (Wildman–Crippen MR) is 63.6 cm³/mol. The number of carbonyl (C=O) groups excluding carboxylic acids is 3. The highest BCUT2D eigenvalue weighted by Crippen LogP contribution is 2.28. The standard InChI is InChI=1S/C13H15NO4/c1-8-6-11(15)12(16)7-10(8)14-5-3-4-9(14)13(17)18-2/h6-7,9H,3-5H2,1-2H3. The van der Waals surface area contributed by atoms with E-state index in [0.717, 1.165) is 12.0 Å². The summed E-state index contributed by atoms with van der Waals surface area (Å²) in [5, 5.41) is 0. The summed E-state index contributed by atoms with van der Waals surface area (Å²) in [5.74, 6) is -1.35. The van der Waals surface area contributed by atoms with Crippen LogP contribution in [0.15, 0.2) is 23.4 Å². The van der Waals surface area contributed by atoms with Gasteiger partial charge in [-0.05, 0) is 31.4 Å². The average Bonchev–Trinajstić information content (AvgIpc) is 2.81. The van der Waals surface area contributed by atoms with Crippen LogP contribution < -0.4 is 0 Å². The second-order valence-corrected chi connectivity index (χ2v) is 4.46. The van der Waals surface area contributed by atoms with Crippen molar-refractivity contribution < 1.29 is 19.1 Å². The second kappa shape index (κ2) is 4.76. The maximum atomic E-state index is 11.7. The monoisotopic (exact) mass is 249 g/mol. The van der Waals surface area contributed by atoms with Gasteiger partial charge in [0.2, 0.25) is 11.6 Å². The van der Waals surface area contributed by atoms with Crippen molar-refractivity contribution in [2.45, 2.75) is 25.8 Å². The molecule has 1 heterocycles. The van der Waals surface area contributed by atoms with Crippen LogP contribution in [0.5, 0.6) is 0 Å². The lowest BCUT2D eigenvalue weighted by molar-refractivity contribution is -0.145. The molecule has 5 nitrogen and oxygen atoms in total. The van der Waals surface area contributed by atoms with E-state index in [-0.39, 0.29) is 12.0 Å². The van der Waals surface area contributed by atoms with E-state index in [1.54, 1.807) is 6.92 Å². The molecule has 0 amide bonds. The van der Waals surface area contributed by atoms with E-state index >= 15 is 0 Å². The summed E-state index contributed by atoms with van der Waals surface area (Å²) < 4.78 is 4.76. The number of ether oxygens (including phenoxy) is 1. The van der Waals surface area contributed by atoms with Crippen molar-refractivity contribution >= 4 is 17.5 Å². The van der Waals surface area contributed by atoms with Crippen LogP contribution in [0.2, 0.25) is 0 Å². The van der Waals surface area contributed by atoms with Crippen LogP contribution in [-0.2, 0) is 19.1 Å². The van der Waals surface area contributed by atoms with Crippen LogP contribution in [0, 0.1) is 0 Å². The summed E-state index contributed by atoms with van der Waals surface area (Å²) in [6, 6.07) is -0.356. The Morgan fingerprint density at radius 2 is 2.00 bits per heavy atom. The fourth-order valence-electron chi connectivity index (χ4n) is 2.40. The molecule has 1 saturated heterocycles. The number of hydrogen-bond donors (Lipinski definition) is 0. The summed E-state index contributed by atoms with van der Waals surface area (Å²) in [7, 11) is 1.35. The van der Waals surface area contributed by atoms with Crippen molar-refractivity contribution in [3.63, 3.8) is 0 Å². The Kier molecular flexibility index (Phi) is 3.32. The maximum Gasteiger partial charge on any atom is 0.328 e. The maximum absolute atomic E-state index is 11.7. The molecule has 1 atom stereocenters. The minimum atomic E-state index is -0.536. The van der Waals surface area contributed by atoms with Gasteiger partial charge in [-0.25, -0.2) is 4.79 Å². The van der Waals surface area contributed by atoms with Gasteiger partial charge in [-0.2, -0.15) is 0 Å². The van der Waals surface area contributed by atoms with Gasteiger partial charge in [0.05, 0.1) is 7.11 Å². The highest BCUT2D eigenvalue weighted by molar-refractivity contribution is 6.46. The first-order valence-electron chi connectivity index (χ1n) is 5.87. The molecule has 0 aromatic rings. The number of methoxy groups -OCH3 is 1. The molecule has 0 N–H and O–H groups in total. The summed E-state index contributed by atoms with van der Waals surface area (Å²) in [6.45, 7) is 2.46. The lowest BCUT2D eigenvalue weighted by Crippen LogP contribution is -2.38. The number of allylic oxidation sites excluding steroid dienone is 3. The van der Waals surface area contributed by atoms with Crippen molar-refractivity contribution in [3.8, 4) is 0 Å². The van der Waals surface area contributed by atoms with Crippen molar-refractivity contribution in [1.82, 2.24) is 4.90 Å².